The van der Waals surface area contributed by atoms with Crippen LogP contribution in [0.2, 0.25) is 5.02 Å². The van der Waals surface area contributed by atoms with Crippen molar-refractivity contribution < 1.29 is 14.6 Å². The molecule has 1 aliphatic rings. The van der Waals surface area contributed by atoms with Crippen molar-refractivity contribution in [3.63, 3.8) is 0 Å². The summed E-state index contributed by atoms with van der Waals surface area (Å²) in [6.45, 7) is -0.0694. The molecule has 108 valence electrons. The van der Waals surface area contributed by atoms with Crippen molar-refractivity contribution in [1.82, 2.24) is 0 Å². The van der Waals surface area contributed by atoms with Crippen molar-refractivity contribution in [2.75, 3.05) is 5.32 Å². The lowest BCUT2D eigenvalue weighted by Crippen LogP contribution is -2.19. The van der Waals surface area contributed by atoms with Crippen molar-refractivity contribution >= 4 is 23.2 Å². The highest BCUT2D eigenvalue weighted by molar-refractivity contribution is 6.32. The summed E-state index contributed by atoms with van der Waals surface area (Å²) in [6, 6.07) is 9.61. The fourth-order valence-corrected chi connectivity index (χ4v) is 2.41. The lowest BCUT2D eigenvalue weighted by molar-refractivity contribution is -0.116. The maximum absolute atomic E-state index is 11.5. The molecule has 0 radical (unpaired) electrons. The number of aliphatic hydroxyl groups excluding tert-OH is 1. The molecule has 1 heterocycles. The first-order valence-electron chi connectivity index (χ1n) is 6.36. The van der Waals surface area contributed by atoms with Crippen LogP contribution in [0.4, 0.5) is 5.69 Å². The van der Waals surface area contributed by atoms with Crippen LogP contribution in [0, 0.1) is 0 Å². The number of halogens is 1. The van der Waals surface area contributed by atoms with Crippen LogP contribution in [0.25, 0.3) is 0 Å². The second-order valence-electron chi connectivity index (χ2n) is 4.74. The maximum Gasteiger partial charge on any atom is 0.245 e. The second-order valence-corrected chi connectivity index (χ2v) is 5.15. The van der Waals surface area contributed by atoms with Gasteiger partial charge in [-0.05, 0) is 23.8 Å². The second kappa shape index (κ2) is 5.37. The minimum absolute atomic E-state index is 0.0694. The summed E-state index contributed by atoms with van der Waals surface area (Å²) in [6.07, 6.45) is 0. The Bertz CT molecular complexity index is 718. The van der Waals surface area contributed by atoms with Gasteiger partial charge in [-0.15, -0.1) is 0 Å². The van der Waals surface area contributed by atoms with Crippen LogP contribution in [0.1, 0.15) is 17.2 Å². The van der Waals surface area contributed by atoms with Crippen LogP contribution in [0.15, 0.2) is 36.4 Å². The van der Waals surface area contributed by atoms with E-state index in [9.17, 15) is 4.79 Å². The van der Waals surface area contributed by atoms with E-state index < -0.39 is 6.04 Å². The first-order valence-corrected chi connectivity index (χ1v) is 6.74. The quantitative estimate of drug-likeness (QED) is 0.813. The first kappa shape index (κ1) is 13.9. The number of ether oxygens (including phenoxy) is 1. The predicted octanol–water partition coefficient (Wildman–Crippen LogP) is 2.58. The minimum atomic E-state index is -0.704. The fraction of sp³-hybridized carbons (Fsp3) is 0.133. The van der Waals surface area contributed by atoms with Gasteiger partial charge in [-0.25, -0.2) is 0 Å². The fourth-order valence-electron chi connectivity index (χ4n) is 2.20. The van der Waals surface area contributed by atoms with Gasteiger partial charge in [0.15, 0.2) is 0 Å². The van der Waals surface area contributed by atoms with Gasteiger partial charge in [0, 0.05) is 17.3 Å². The summed E-state index contributed by atoms with van der Waals surface area (Å²) in [5.41, 5.74) is 7.75. The molecule has 0 saturated carbocycles. The van der Waals surface area contributed by atoms with Gasteiger partial charge < -0.3 is 20.9 Å². The summed E-state index contributed by atoms with van der Waals surface area (Å²) in [5, 5.41) is 12.2. The summed E-state index contributed by atoms with van der Waals surface area (Å²) in [4.78, 5) is 11.5. The van der Waals surface area contributed by atoms with Gasteiger partial charge in [-0.2, -0.15) is 0 Å². The highest BCUT2D eigenvalue weighted by atomic mass is 35.5. The van der Waals surface area contributed by atoms with Gasteiger partial charge in [0.1, 0.15) is 17.5 Å². The normalized spacial score (nSPS) is 16.5. The first-order chi connectivity index (χ1) is 10.1. The largest absolute Gasteiger partial charge is 0.456 e. The standard InChI is InChI=1S/C15H13ClN2O3/c16-11-5-10-12(18-15(20)14(10)17)6-13(11)21-9-3-1-2-8(4-9)7-19/h1-6,14,19H,7,17H2,(H,18,20). The monoisotopic (exact) mass is 304 g/mol. The van der Waals surface area contributed by atoms with Gasteiger partial charge >= 0.3 is 0 Å². The molecule has 2 aromatic carbocycles. The Hall–Kier alpha value is -2.08. The molecule has 21 heavy (non-hydrogen) atoms. The van der Waals surface area contributed by atoms with E-state index in [4.69, 9.17) is 27.2 Å². The molecule has 0 aliphatic carbocycles. The van der Waals surface area contributed by atoms with E-state index >= 15 is 0 Å². The number of aliphatic hydroxyl groups is 1. The zero-order chi connectivity index (χ0) is 15.0. The zero-order valence-electron chi connectivity index (χ0n) is 11.0. The molecule has 0 bridgehead atoms. The van der Waals surface area contributed by atoms with E-state index in [0.717, 1.165) is 5.56 Å². The van der Waals surface area contributed by atoms with E-state index in [0.29, 0.717) is 27.8 Å². The number of anilines is 1. The number of fused-ring (bicyclic) bond motifs is 1. The molecule has 0 spiro atoms. The van der Waals surface area contributed by atoms with E-state index in [1.807, 2.05) is 0 Å². The molecule has 3 rings (SSSR count). The van der Waals surface area contributed by atoms with Crippen LogP contribution in [-0.2, 0) is 11.4 Å². The molecule has 1 aliphatic heterocycles. The zero-order valence-corrected chi connectivity index (χ0v) is 11.7. The van der Waals surface area contributed by atoms with E-state index in [1.54, 1.807) is 36.4 Å². The highest BCUT2D eigenvalue weighted by Gasteiger charge is 2.28. The molecule has 4 N–H and O–H groups in total. The summed E-state index contributed by atoms with van der Waals surface area (Å²) < 4.78 is 5.71. The number of rotatable bonds is 3. The number of carbonyl (C=O) groups excluding carboxylic acids is 1. The Kier molecular flexibility index (Phi) is 3.55. The smallest absolute Gasteiger partial charge is 0.245 e. The van der Waals surface area contributed by atoms with Crippen LogP contribution in [-0.4, -0.2) is 11.0 Å². The van der Waals surface area contributed by atoms with E-state index in [2.05, 4.69) is 5.32 Å². The van der Waals surface area contributed by atoms with E-state index in [-0.39, 0.29) is 12.5 Å². The Morgan fingerprint density at radius 1 is 1.33 bits per heavy atom. The predicted molar refractivity (Wildman–Crippen MR) is 79.4 cm³/mol. The van der Waals surface area contributed by atoms with Crippen molar-refractivity contribution in [3.05, 3.63) is 52.5 Å². The summed E-state index contributed by atoms with van der Waals surface area (Å²) in [5.74, 6) is 0.706. The number of hydrogen-bond acceptors (Lipinski definition) is 4. The lowest BCUT2D eigenvalue weighted by Gasteiger charge is -2.11. The average molecular weight is 305 g/mol. The Morgan fingerprint density at radius 2 is 2.14 bits per heavy atom. The van der Waals surface area contributed by atoms with Gasteiger partial charge in [-0.3, -0.25) is 4.79 Å². The van der Waals surface area contributed by atoms with Crippen molar-refractivity contribution in [3.8, 4) is 11.5 Å². The maximum atomic E-state index is 11.5. The van der Waals surface area contributed by atoms with Gasteiger partial charge in [0.25, 0.3) is 0 Å². The molecule has 1 atom stereocenters. The number of amides is 1. The van der Waals surface area contributed by atoms with Gasteiger partial charge in [0.2, 0.25) is 5.91 Å². The third kappa shape index (κ3) is 2.58. The van der Waals surface area contributed by atoms with Crippen molar-refractivity contribution in [2.45, 2.75) is 12.6 Å². The number of carbonyl (C=O) groups is 1. The van der Waals surface area contributed by atoms with Crippen LogP contribution in [0.3, 0.4) is 0 Å². The number of hydrogen-bond donors (Lipinski definition) is 3. The summed E-state index contributed by atoms with van der Waals surface area (Å²) >= 11 is 6.18. The number of nitrogens with two attached hydrogens (primary N) is 1. The molecule has 1 unspecified atom stereocenters. The SMILES string of the molecule is NC1C(=O)Nc2cc(Oc3cccc(CO)c3)c(Cl)cc21. The van der Waals surface area contributed by atoms with Crippen LogP contribution < -0.4 is 15.8 Å². The van der Waals surface area contributed by atoms with Crippen molar-refractivity contribution in [2.24, 2.45) is 5.73 Å². The molecule has 6 heteroatoms. The van der Waals surface area contributed by atoms with Crippen molar-refractivity contribution in [1.29, 1.82) is 0 Å². The number of benzene rings is 2. The molecular weight excluding hydrogens is 292 g/mol. The van der Waals surface area contributed by atoms with Crippen LogP contribution >= 0.6 is 11.6 Å². The third-order valence-corrected chi connectivity index (χ3v) is 3.58. The highest BCUT2D eigenvalue weighted by Crippen LogP contribution is 2.39. The van der Waals surface area contributed by atoms with E-state index in [1.165, 1.54) is 0 Å². The molecular formula is C15H13ClN2O3. The van der Waals surface area contributed by atoms with Gasteiger partial charge in [0.05, 0.1) is 11.6 Å². The van der Waals surface area contributed by atoms with Gasteiger partial charge in [-0.1, -0.05) is 23.7 Å². The summed E-state index contributed by atoms with van der Waals surface area (Å²) in [7, 11) is 0. The molecule has 0 aromatic heterocycles. The number of nitrogens with one attached hydrogen (secondary N) is 1. The Balaban J connectivity index is 1.93. The molecule has 0 fully saturated rings. The molecule has 5 nitrogen and oxygen atoms in total. The molecule has 1 amide bonds. The van der Waals surface area contributed by atoms with Crippen LogP contribution in [0.5, 0.6) is 11.5 Å². The lowest BCUT2D eigenvalue weighted by atomic mass is 10.1. The Morgan fingerprint density at radius 3 is 2.90 bits per heavy atom. The Labute approximate surface area is 126 Å². The molecule has 0 saturated heterocycles. The minimum Gasteiger partial charge on any atom is -0.456 e. The molecule has 2 aromatic rings. The average Bonchev–Trinajstić information content (AvgIpc) is 2.75. The topological polar surface area (TPSA) is 84.6 Å². The third-order valence-electron chi connectivity index (χ3n) is 3.29.